The third-order valence-electron chi connectivity index (χ3n) is 4.85. The molecule has 0 bridgehead atoms. The number of aliphatic hydroxyl groups is 1. The zero-order valence-corrected chi connectivity index (χ0v) is 15.3. The Balaban J connectivity index is 1.53. The van der Waals surface area contributed by atoms with Crippen molar-refractivity contribution in [2.45, 2.75) is 32.3 Å². The lowest BCUT2D eigenvalue weighted by Crippen LogP contribution is -3.14. The fourth-order valence-electron chi connectivity index (χ4n) is 3.16. The molecule has 0 saturated carbocycles. The summed E-state index contributed by atoms with van der Waals surface area (Å²) in [5, 5.41) is 14.3. The van der Waals surface area contributed by atoms with Gasteiger partial charge in [-0.25, -0.2) is 9.37 Å². The molecule has 0 spiro atoms. The number of hydrogen-bond donors (Lipinski definition) is 3. The molecule has 2 heterocycles. The molecular formula is C18H23FN3O2S+. The Kier molecular flexibility index (Phi) is 5.17. The third kappa shape index (κ3) is 4.23. The average molecular weight is 364 g/mol. The van der Waals surface area contributed by atoms with Crippen LogP contribution in [0.1, 0.15) is 29.0 Å². The highest BCUT2D eigenvalue weighted by molar-refractivity contribution is 7.15. The molecule has 1 aliphatic rings. The van der Waals surface area contributed by atoms with Gasteiger partial charge in [0.2, 0.25) is 0 Å². The van der Waals surface area contributed by atoms with Crippen molar-refractivity contribution in [3.63, 3.8) is 0 Å². The van der Waals surface area contributed by atoms with E-state index in [1.165, 1.54) is 23.5 Å². The first-order valence-electron chi connectivity index (χ1n) is 8.41. The summed E-state index contributed by atoms with van der Waals surface area (Å²) < 4.78 is 13.1. The normalized spacial score (nSPS) is 23.4. The lowest BCUT2D eigenvalue weighted by atomic mass is 9.84. The number of halogens is 1. The molecule has 1 fully saturated rings. The molecule has 0 radical (unpaired) electrons. The van der Waals surface area contributed by atoms with Crippen molar-refractivity contribution in [1.82, 2.24) is 4.98 Å². The van der Waals surface area contributed by atoms with Gasteiger partial charge in [0.25, 0.3) is 5.91 Å². The molecule has 25 heavy (non-hydrogen) atoms. The molecule has 5 nitrogen and oxygen atoms in total. The van der Waals surface area contributed by atoms with Gasteiger partial charge < -0.3 is 10.0 Å². The number of nitrogens with zero attached hydrogens (tertiary/aromatic N) is 1. The maximum Gasteiger partial charge on any atom is 0.281 e. The fraction of sp³-hybridized carbons (Fsp3) is 0.444. The van der Waals surface area contributed by atoms with Crippen LogP contribution in [0.25, 0.3) is 0 Å². The number of carbonyl (C=O) groups excluding carboxylic acids is 1. The molecule has 2 aromatic rings. The average Bonchev–Trinajstić information content (AvgIpc) is 2.88. The molecule has 1 saturated heterocycles. The van der Waals surface area contributed by atoms with Gasteiger partial charge in [0, 0.05) is 17.7 Å². The molecule has 3 N–H and O–H groups in total. The summed E-state index contributed by atoms with van der Waals surface area (Å²) in [7, 11) is 0. The topological polar surface area (TPSA) is 66.7 Å². The Morgan fingerprint density at radius 1 is 1.32 bits per heavy atom. The van der Waals surface area contributed by atoms with Gasteiger partial charge in [0.1, 0.15) is 11.4 Å². The number of anilines is 1. The maximum atomic E-state index is 13.1. The zero-order chi connectivity index (χ0) is 18.0. The zero-order valence-electron chi connectivity index (χ0n) is 14.4. The number of benzene rings is 1. The Morgan fingerprint density at radius 2 is 1.96 bits per heavy atom. The summed E-state index contributed by atoms with van der Waals surface area (Å²) in [6.07, 6.45) is 1.10. The lowest BCUT2D eigenvalue weighted by molar-refractivity contribution is -0.899. The smallest absolute Gasteiger partial charge is 0.281 e. The quantitative estimate of drug-likeness (QED) is 0.768. The van der Waals surface area contributed by atoms with E-state index in [-0.39, 0.29) is 11.7 Å². The molecule has 1 amide bonds. The van der Waals surface area contributed by atoms with Crippen molar-refractivity contribution < 1.29 is 19.2 Å². The lowest BCUT2D eigenvalue weighted by Gasteiger charge is -2.36. The van der Waals surface area contributed by atoms with Gasteiger partial charge in [-0.1, -0.05) is 12.1 Å². The Hall–Kier alpha value is -1.83. The molecule has 1 aromatic heterocycles. The van der Waals surface area contributed by atoms with E-state index in [9.17, 15) is 14.3 Å². The van der Waals surface area contributed by atoms with E-state index in [1.54, 1.807) is 12.1 Å². The van der Waals surface area contributed by atoms with E-state index < -0.39 is 5.60 Å². The minimum atomic E-state index is -0.933. The number of quaternary nitrogens is 1. The number of aryl methyl sites for hydroxylation is 2. The van der Waals surface area contributed by atoms with Crippen molar-refractivity contribution in [1.29, 1.82) is 0 Å². The second kappa shape index (κ2) is 7.19. The summed E-state index contributed by atoms with van der Waals surface area (Å²) in [5.74, 6) is -0.365. The predicted molar refractivity (Wildman–Crippen MR) is 95.3 cm³/mol. The summed E-state index contributed by atoms with van der Waals surface area (Å²) >= 11 is 1.48. The van der Waals surface area contributed by atoms with E-state index in [0.717, 1.165) is 21.0 Å². The van der Waals surface area contributed by atoms with Gasteiger partial charge in [-0.05, 0) is 31.5 Å². The van der Waals surface area contributed by atoms with Crippen LogP contribution in [0.5, 0.6) is 0 Å². The van der Waals surface area contributed by atoms with Gasteiger partial charge in [-0.2, -0.15) is 0 Å². The van der Waals surface area contributed by atoms with E-state index in [0.29, 0.717) is 37.6 Å². The van der Waals surface area contributed by atoms with Crippen LogP contribution in [-0.2, 0) is 10.4 Å². The summed E-state index contributed by atoms with van der Waals surface area (Å²) in [4.78, 5) is 18.8. The second-order valence-corrected chi connectivity index (χ2v) is 7.88. The first-order valence-corrected chi connectivity index (χ1v) is 9.23. The van der Waals surface area contributed by atoms with Gasteiger partial charge in [-0.3, -0.25) is 10.1 Å². The maximum absolute atomic E-state index is 13.1. The number of piperidine rings is 1. The number of amides is 1. The van der Waals surface area contributed by atoms with E-state index in [2.05, 4.69) is 10.3 Å². The van der Waals surface area contributed by atoms with Crippen LogP contribution in [0.15, 0.2) is 24.3 Å². The number of carbonyl (C=O) groups is 1. The molecule has 7 heteroatoms. The monoisotopic (exact) mass is 364 g/mol. The van der Waals surface area contributed by atoms with Gasteiger partial charge in [0.05, 0.1) is 18.8 Å². The first-order chi connectivity index (χ1) is 11.9. The van der Waals surface area contributed by atoms with E-state index >= 15 is 0 Å². The molecule has 1 aliphatic heterocycles. The largest absolute Gasteiger partial charge is 0.385 e. The fourth-order valence-corrected chi connectivity index (χ4v) is 3.99. The molecule has 0 aliphatic carbocycles. The number of aromatic nitrogens is 1. The van der Waals surface area contributed by atoms with E-state index in [4.69, 9.17) is 0 Å². The van der Waals surface area contributed by atoms with Crippen LogP contribution < -0.4 is 10.2 Å². The van der Waals surface area contributed by atoms with Crippen molar-refractivity contribution in [3.05, 3.63) is 46.2 Å². The van der Waals surface area contributed by atoms with Crippen molar-refractivity contribution in [3.8, 4) is 0 Å². The predicted octanol–water partition coefficient (Wildman–Crippen LogP) is 1.40. The number of nitrogens with one attached hydrogen (secondary N) is 2. The van der Waals surface area contributed by atoms with Crippen molar-refractivity contribution in [2.24, 2.45) is 0 Å². The van der Waals surface area contributed by atoms with Crippen LogP contribution >= 0.6 is 11.3 Å². The number of hydrogen-bond acceptors (Lipinski definition) is 4. The molecular weight excluding hydrogens is 341 g/mol. The van der Waals surface area contributed by atoms with Crippen LogP contribution in [0.4, 0.5) is 9.52 Å². The minimum absolute atomic E-state index is 0.0593. The van der Waals surface area contributed by atoms with Crippen LogP contribution in [-0.4, -0.2) is 35.6 Å². The Labute approximate surface area is 150 Å². The van der Waals surface area contributed by atoms with Crippen LogP contribution in [0.2, 0.25) is 0 Å². The van der Waals surface area contributed by atoms with Crippen molar-refractivity contribution >= 4 is 22.4 Å². The minimum Gasteiger partial charge on any atom is -0.385 e. The Bertz CT molecular complexity index is 733. The van der Waals surface area contributed by atoms with Crippen molar-refractivity contribution in [2.75, 3.05) is 25.0 Å². The van der Waals surface area contributed by atoms with E-state index in [1.807, 2.05) is 13.8 Å². The highest BCUT2D eigenvalue weighted by atomic mass is 32.1. The van der Waals surface area contributed by atoms with Crippen LogP contribution in [0.3, 0.4) is 0 Å². The summed E-state index contributed by atoms with van der Waals surface area (Å²) in [6, 6.07) is 6.02. The SMILES string of the molecule is Cc1nc(NC(=O)C[NH+]2CCC(O)(c3ccc(F)cc3)CC2)sc1C. The third-order valence-corrected chi connectivity index (χ3v) is 5.84. The van der Waals surface area contributed by atoms with Gasteiger partial charge >= 0.3 is 0 Å². The molecule has 0 atom stereocenters. The first kappa shape index (κ1) is 18.0. The summed E-state index contributed by atoms with van der Waals surface area (Å²) in [6.45, 7) is 5.65. The Morgan fingerprint density at radius 3 is 2.52 bits per heavy atom. The van der Waals surface area contributed by atoms with Gasteiger partial charge in [-0.15, -0.1) is 11.3 Å². The second-order valence-electron chi connectivity index (χ2n) is 6.67. The standard InChI is InChI=1S/C18H22FN3O2S/c1-12-13(2)25-17(20-12)21-16(23)11-22-9-7-18(24,8-10-22)14-3-5-15(19)6-4-14/h3-6,24H,7-11H2,1-2H3,(H,20,21,23)/p+1. The highest BCUT2D eigenvalue weighted by Gasteiger charge is 2.36. The molecule has 0 unspecified atom stereocenters. The number of thiazole rings is 1. The highest BCUT2D eigenvalue weighted by Crippen LogP contribution is 2.29. The molecule has 134 valence electrons. The summed E-state index contributed by atoms with van der Waals surface area (Å²) in [5.41, 5.74) is 0.748. The van der Waals surface area contributed by atoms with Gasteiger partial charge in [0.15, 0.2) is 11.7 Å². The molecule has 1 aromatic carbocycles. The van der Waals surface area contributed by atoms with Crippen LogP contribution in [0, 0.1) is 19.7 Å². The number of rotatable bonds is 4. The number of likely N-dealkylation sites (tertiary alicyclic amines) is 1. The molecule has 3 rings (SSSR count).